The number of benzene rings is 1. The van der Waals surface area contributed by atoms with Crippen LogP contribution in [0.1, 0.15) is 32.3 Å². The van der Waals surface area contributed by atoms with Gasteiger partial charge >= 0.3 is 6.18 Å². The van der Waals surface area contributed by atoms with E-state index in [-0.39, 0.29) is 6.10 Å². The largest absolute Gasteiger partial charge is 0.416 e. The van der Waals surface area contributed by atoms with Crippen molar-refractivity contribution in [3.63, 3.8) is 0 Å². The van der Waals surface area contributed by atoms with E-state index in [4.69, 9.17) is 4.74 Å². The van der Waals surface area contributed by atoms with Crippen molar-refractivity contribution in [2.24, 2.45) is 0 Å². The van der Waals surface area contributed by atoms with E-state index in [0.717, 1.165) is 31.5 Å². The quantitative estimate of drug-likeness (QED) is 0.748. The molecule has 0 aliphatic rings. The van der Waals surface area contributed by atoms with Crippen LogP contribution in [0.2, 0.25) is 0 Å². The predicted octanol–water partition coefficient (Wildman–Crippen LogP) is 4.32. The van der Waals surface area contributed by atoms with Gasteiger partial charge in [-0.05, 0) is 51.0 Å². The highest BCUT2D eigenvalue weighted by molar-refractivity contribution is 5.44. The van der Waals surface area contributed by atoms with Gasteiger partial charge in [0.25, 0.3) is 0 Å². The minimum absolute atomic E-state index is 0.239. The molecule has 5 heteroatoms. The number of anilines is 1. The van der Waals surface area contributed by atoms with Crippen molar-refractivity contribution >= 4 is 5.69 Å². The topological polar surface area (TPSA) is 21.3 Å². The fourth-order valence-electron chi connectivity index (χ4n) is 1.56. The van der Waals surface area contributed by atoms with Gasteiger partial charge in [0.1, 0.15) is 0 Å². The van der Waals surface area contributed by atoms with Crippen molar-refractivity contribution in [1.82, 2.24) is 0 Å². The van der Waals surface area contributed by atoms with Gasteiger partial charge in [-0.2, -0.15) is 13.2 Å². The number of rotatable bonds is 7. The van der Waals surface area contributed by atoms with Gasteiger partial charge in [0.15, 0.2) is 0 Å². The van der Waals surface area contributed by atoms with Crippen molar-refractivity contribution in [1.29, 1.82) is 0 Å². The van der Waals surface area contributed by atoms with E-state index in [1.165, 1.54) is 12.1 Å². The highest BCUT2D eigenvalue weighted by atomic mass is 19.4. The minimum atomic E-state index is -4.27. The number of hydrogen-bond donors (Lipinski definition) is 1. The lowest BCUT2D eigenvalue weighted by Crippen LogP contribution is -2.08. The number of ether oxygens (including phenoxy) is 1. The van der Waals surface area contributed by atoms with Crippen LogP contribution in [0.3, 0.4) is 0 Å². The number of unbranched alkanes of at least 4 members (excludes halogenated alkanes) is 1. The van der Waals surface area contributed by atoms with Crippen molar-refractivity contribution in [3.05, 3.63) is 29.8 Å². The molecule has 19 heavy (non-hydrogen) atoms. The molecule has 2 nitrogen and oxygen atoms in total. The molecular formula is C14H20F3NO. The van der Waals surface area contributed by atoms with Crippen molar-refractivity contribution < 1.29 is 17.9 Å². The summed E-state index contributed by atoms with van der Waals surface area (Å²) in [6, 6.07) is 5.08. The van der Waals surface area contributed by atoms with Gasteiger partial charge < -0.3 is 10.1 Å². The Morgan fingerprint density at radius 2 is 1.74 bits per heavy atom. The fourth-order valence-corrected chi connectivity index (χ4v) is 1.56. The number of halogens is 3. The summed E-state index contributed by atoms with van der Waals surface area (Å²) in [7, 11) is 0. The van der Waals surface area contributed by atoms with Crippen LogP contribution in [0.25, 0.3) is 0 Å². The first-order valence-electron chi connectivity index (χ1n) is 6.42. The summed E-state index contributed by atoms with van der Waals surface area (Å²) in [6.45, 7) is 5.42. The first-order valence-corrected chi connectivity index (χ1v) is 6.42. The maximum absolute atomic E-state index is 12.3. The Hall–Kier alpha value is -1.23. The molecule has 0 radical (unpaired) electrons. The van der Waals surface area contributed by atoms with E-state index in [1.807, 2.05) is 13.8 Å². The second-order valence-corrected chi connectivity index (χ2v) is 4.63. The Labute approximate surface area is 112 Å². The molecule has 1 rings (SSSR count). The molecule has 0 saturated heterocycles. The molecule has 0 amide bonds. The van der Waals surface area contributed by atoms with Gasteiger partial charge in [0.05, 0.1) is 11.7 Å². The molecule has 0 heterocycles. The average Bonchev–Trinajstić information content (AvgIpc) is 2.32. The first kappa shape index (κ1) is 15.8. The van der Waals surface area contributed by atoms with Crippen LogP contribution in [0.5, 0.6) is 0 Å². The molecule has 0 saturated carbocycles. The molecule has 0 fully saturated rings. The van der Waals surface area contributed by atoms with E-state index in [0.29, 0.717) is 12.3 Å². The second-order valence-electron chi connectivity index (χ2n) is 4.63. The summed E-state index contributed by atoms with van der Waals surface area (Å²) >= 11 is 0. The smallest absolute Gasteiger partial charge is 0.385 e. The number of hydrogen-bond acceptors (Lipinski definition) is 2. The van der Waals surface area contributed by atoms with Gasteiger partial charge in [-0.25, -0.2) is 0 Å². The van der Waals surface area contributed by atoms with Gasteiger partial charge in [-0.1, -0.05) is 0 Å². The standard InChI is InChI=1S/C14H20F3NO/c1-11(2)19-10-4-3-9-18-13-7-5-12(6-8-13)14(15,16)17/h5-8,11,18H,3-4,9-10H2,1-2H3. The Morgan fingerprint density at radius 1 is 1.11 bits per heavy atom. The lowest BCUT2D eigenvalue weighted by Gasteiger charge is -2.10. The van der Waals surface area contributed by atoms with E-state index >= 15 is 0 Å². The minimum Gasteiger partial charge on any atom is -0.385 e. The molecule has 0 unspecified atom stereocenters. The molecule has 0 aliphatic heterocycles. The molecule has 0 aromatic heterocycles. The lowest BCUT2D eigenvalue weighted by molar-refractivity contribution is -0.137. The summed E-state index contributed by atoms with van der Waals surface area (Å²) in [5.41, 5.74) is 0.0844. The molecule has 1 N–H and O–H groups in total. The first-order chi connectivity index (χ1) is 8.89. The molecule has 1 aromatic rings. The van der Waals surface area contributed by atoms with Crippen LogP contribution >= 0.6 is 0 Å². The Kier molecular flexibility index (Phi) is 6.15. The van der Waals surface area contributed by atoms with Gasteiger partial charge in [-0.15, -0.1) is 0 Å². The van der Waals surface area contributed by atoms with Gasteiger partial charge in [-0.3, -0.25) is 0 Å². The van der Waals surface area contributed by atoms with Crippen molar-refractivity contribution in [2.45, 2.75) is 39.0 Å². The maximum Gasteiger partial charge on any atom is 0.416 e. The third kappa shape index (κ3) is 6.47. The maximum atomic E-state index is 12.3. The van der Waals surface area contributed by atoms with Crippen LogP contribution in [0.4, 0.5) is 18.9 Å². The fraction of sp³-hybridized carbons (Fsp3) is 0.571. The molecule has 0 spiro atoms. The molecule has 1 aromatic carbocycles. The molecule has 0 atom stereocenters. The second kappa shape index (κ2) is 7.38. The summed E-state index contributed by atoms with van der Waals surface area (Å²) in [5.74, 6) is 0. The predicted molar refractivity (Wildman–Crippen MR) is 70.3 cm³/mol. The van der Waals surface area contributed by atoms with E-state index in [9.17, 15) is 13.2 Å². The SMILES string of the molecule is CC(C)OCCCCNc1ccc(C(F)(F)F)cc1. The Bertz CT molecular complexity index is 360. The number of alkyl halides is 3. The summed E-state index contributed by atoms with van der Waals surface area (Å²) in [6.07, 6.45) is -2.17. The Balaban J connectivity index is 2.23. The number of nitrogens with one attached hydrogen (secondary N) is 1. The summed E-state index contributed by atoms with van der Waals surface area (Å²) in [4.78, 5) is 0. The van der Waals surface area contributed by atoms with Crippen LogP contribution < -0.4 is 5.32 Å². The van der Waals surface area contributed by atoms with Crippen LogP contribution in [-0.2, 0) is 10.9 Å². The highest BCUT2D eigenvalue weighted by Gasteiger charge is 2.29. The lowest BCUT2D eigenvalue weighted by atomic mass is 10.2. The van der Waals surface area contributed by atoms with Crippen LogP contribution in [-0.4, -0.2) is 19.3 Å². The normalized spacial score (nSPS) is 11.9. The average molecular weight is 275 g/mol. The van der Waals surface area contributed by atoms with Crippen LogP contribution in [0.15, 0.2) is 24.3 Å². The Morgan fingerprint density at radius 3 is 2.26 bits per heavy atom. The zero-order chi connectivity index (χ0) is 14.3. The van der Waals surface area contributed by atoms with E-state index in [1.54, 1.807) is 0 Å². The zero-order valence-corrected chi connectivity index (χ0v) is 11.3. The van der Waals surface area contributed by atoms with Crippen molar-refractivity contribution in [3.8, 4) is 0 Å². The van der Waals surface area contributed by atoms with E-state index < -0.39 is 11.7 Å². The third-order valence-electron chi connectivity index (χ3n) is 2.56. The third-order valence-corrected chi connectivity index (χ3v) is 2.56. The summed E-state index contributed by atoms with van der Waals surface area (Å²) < 4.78 is 42.4. The highest BCUT2D eigenvalue weighted by Crippen LogP contribution is 2.29. The van der Waals surface area contributed by atoms with Crippen molar-refractivity contribution in [2.75, 3.05) is 18.5 Å². The zero-order valence-electron chi connectivity index (χ0n) is 11.3. The molecule has 0 bridgehead atoms. The van der Waals surface area contributed by atoms with Gasteiger partial charge in [0.2, 0.25) is 0 Å². The molecule has 0 aliphatic carbocycles. The van der Waals surface area contributed by atoms with Gasteiger partial charge in [0, 0.05) is 18.8 Å². The van der Waals surface area contributed by atoms with E-state index in [2.05, 4.69) is 5.32 Å². The molecular weight excluding hydrogens is 255 g/mol. The monoisotopic (exact) mass is 275 g/mol. The summed E-state index contributed by atoms with van der Waals surface area (Å²) in [5, 5.41) is 3.09. The molecule has 108 valence electrons. The van der Waals surface area contributed by atoms with Crippen LogP contribution in [0, 0.1) is 0 Å².